The number of halogens is 1. The lowest BCUT2D eigenvalue weighted by atomic mass is 10.2. The van der Waals surface area contributed by atoms with Crippen LogP contribution in [0.5, 0.6) is 5.75 Å². The van der Waals surface area contributed by atoms with E-state index in [1.807, 2.05) is 23.6 Å². The third kappa shape index (κ3) is 2.88. The number of thiazole rings is 1. The average Bonchev–Trinajstić information content (AvgIpc) is 2.87. The van der Waals surface area contributed by atoms with Gasteiger partial charge in [0.1, 0.15) is 5.75 Å². The highest BCUT2D eigenvalue weighted by Crippen LogP contribution is 2.35. The molecule has 1 aromatic heterocycles. The van der Waals surface area contributed by atoms with Crippen LogP contribution < -0.4 is 9.64 Å². The number of carbonyl (C=O) groups excluding carboxylic acids is 1. The molecule has 100 valence electrons. The third-order valence-corrected chi connectivity index (χ3v) is 3.66. The molecule has 0 saturated heterocycles. The summed E-state index contributed by atoms with van der Waals surface area (Å²) in [5.74, 6) is 0.828. The SMILES string of the molecule is COc1ccccc1N(C(C)=O)c1nc(CCl)cs1. The Bertz CT molecular complexity index is 586. The zero-order chi connectivity index (χ0) is 13.8. The van der Waals surface area contributed by atoms with E-state index in [0.717, 1.165) is 5.69 Å². The van der Waals surface area contributed by atoms with Crippen LogP contribution in [-0.4, -0.2) is 18.0 Å². The Morgan fingerprint density at radius 1 is 1.47 bits per heavy atom. The number of nitrogens with zero attached hydrogens (tertiary/aromatic N) is 2. The van der Waals surface area contributed by atoms with Crippen molar-refractivity contribution in [1.29, 1.82) is 0 Å². The molecule has 0 radical (unpaired) electrons. The van der Waals surface area contributed by atoms with Crippen molar-refractivity contribution in [3.63, 3.8) is 0 Å². The van der Waals surface area contributed by atoms with Gasteiger partial charge in [-0.3, -0.25) is 9.69 Å². The second-order valence-electron chi connectivity index (χ2n) is 3.78. The molecule has 6 heteroatoms. The Morgan fingerprint density at radius 2 is 2.21 bits per heavy atom. The molecule has 0 fully saturated rings. The normalized spacial score (nSPS) is 10.3. The number of aromatic nitrogens is 1. The minimum Gasteiger partial charge on any atom is -0.495 e. The molecule has 4 nitrogen and oxygen atoms in total. The second kappa shape index (κ2) is 6.04. The zero-order valence-electron chi connectivity index (χ0n) is 10.6. The Hall–Kier alpha value is -1.59. The van der Waals surface area contributed by atoms with E-state index in [2.05, 4.69) is 4.98 Å². The summed E-state index contributed by atoms with van der Waals surface area (Å²) < 4.78 is 5.29. The van der Waals surface area contributed by atoms with Crippen LogP contribution in [-0.2, 0) is 10.7 Å². The number of rotatable bonds is 4. The number of benzene rings is 1. The number of ether oxygens (including phenoxy) is 1. The number of anilines is 2. The monoisotopic (exact) mass is 296 g/mol. The number of methoxy groups -OCH3 is 1. The molecular weight excluding hydrogens is 284 g/mol. The summed E-state index contributed by atoms with van der Waals surface area (Å²) in [4.78, 5) is 17.8. The summed E-state index contributed by atoms with van der Waals surface area (Å²) in [6, 6.07) is 7.33. The van der Waals surface area contributed by atoms with E-state index >= 15 is 0 Å². The standard InChI is InChI=1S/C13H13ClN2O2S/c1-9(17)16(13-15-10(7-14)8-19-13)11-5-3-4-6-12(11)18-2/h3-6,8H,7H2,1-2H3. The first-order valence-corrected chi connectivity index (χ1v) is 7.03. The summed E-state index contributed by atoms with van der Waals surface area (Å²) in [7, 11) is 1.57. The lowest BCUT2D eigenvalue weighted by Gasteiger charge is -2.20. The van der Waals surface area contributed by atoms with Gasteiger partial charge in [0, 0.05) is 12.3 Å². The van der Waals surface area contributed by atoms with Gasteiger partial charge in [-0.25, -0.2) is 4.98 Å². The number of alkyl halides is 1. The molecule has 0 aliphatic rings. The van der Waals surface area contributed by atoms with Crippen LogP contribution in [0.4, 0.5) is 10.8 Å². The topological polar surface area (TPSA) is 42.4 Å². The van der Waals surface area contributed by atoms with E-state index in [1.165, 1.54) is 23.2 Å². The molecular formula is C13H13ClN2O2S. The lowest BCUT2D eigenvalue weighted by molar-refractivity contribution is -0.115. The Morgan fingerprint density at radius 3 is 2.79 bits per heavy atom. The van der Waals surface area contributed by atoms with Crippen molar-refractivity contribution >= 4 is 39.7 Å². The van der Waals surface area contributed by atoms with Crippen LogP contribution in [0.3, 0.4) is 0 Å². The average molecular weight is 297 g/mol. The maximum absolute atomic E-state index is 11.9. The van der Waals surface area contributed by atoms with E-state index in [0.29, 0.717) is 22.4 Å². The fraction of sp³-hybridized carbons (Fsp3) is 0.231. The van der Waals surface area contributed by atoms with Gasteiger partial charge in [0.15, 0.2) is 5.13 Å². The first kappa shape index (κ1) is 13.8. The van der Waals surface area contributed by atoms with Crippen molar-refractivity contribution in [3.05, 3.63) is 35.3 Å². The maximum atomic E-state index is 11.9. The van der Waals surface area contributed by atoms with Gasteiger partial charge in [0.2, 0.25) is 5.91 Å². The number of carbonyl (C=O) groups is 1. The molecule has 0 spiro atoms. The third-order valence-electron chi connectivity index (χ3n) is 2.51. The summed E-state index contributed by atoms with van der Waals surface area (Å²) in [5, 5.41) is 2.43. The van der Waals surface area contributed by atoms with Gasteiger partial charge < -0.3 is 4.74 Å². The highest BCUT2D eigenvalue weighted by molar-refractivity contribution is 7.14. The molecule has 1 aromatic carbocycles. The van der Waals surface area contributed by atoms with Gasteiger partial charge in [0.25, 0.3) is 0 Å². The first-order valence-electron chi connectivity index (χ1n) is 5.61. The van der Waals surface area contributed by atoms with Crippen LogP contribution in [0.25, 0.3) is 0 Å². The van der Waals surface area contributed by atoms with Gasteiger partial charge in [-0.2, -0.15) is 0 Å². The highest BCUT2D eigenvalue weighted by atomic mass is 35.5. The first-order chi connectivity index (χ1) is 9.17. The van der Waals surface area contributed by atoms with Crippen LogP contribution in [0.2, 0.25) is 0 Å². The Labute approximate surface area is 120 Å². The van der Waals surface area contributed by atoms with Crippen molar-refractivity contribution in [1.82, 2.24) is 4.98 Å². The minimum absolute atomic E-state index is 0.125. The van der Waals surface area contributed by atoms with E-state index in [4.69, 9.17) is 16.3 Å². The Balaban J connectivity index is 2.48. The maximum Gasteiger partial charge on any atom is 0.230 e. The van der Waals surface area contributed by atoms with Crippen LogP contribution in [0.15, 0.2) is 29.6 Å². The van der Waals surface area contributed by atoms with Gasteiger partial charge in [0.05, 0.1) is 24.4 Å². The molecule has 19 heavy (non-hydrogen) atoms. The Kier molecular flexibility index (Phi) is 4.39. The van der Waals surface area contributed by atoms with Gasteiger partial charge in [-0.15, -0.1) is 22.9 Å². The predicted octanol–water partition coefficient (Wildman–Crippen LogP) is 3.58. The summed E-state index contributed by atoms with van der Waals surface area (Å²) >= 11 is 7.12. The number of amides is 1. The van der Waals surface area contributed by atoms with Gasteiger partial charge in [-0.05, 0) is 12.1 Å². The fourth-order valence-electron chi connectivity index (χ4n) is 1.68. The van der Waals surface area contributed by atoms with Crippen molar-refractivity contribution < 1.29 is 9.53 Å². The van der Waals surface area contributed by atoms with Crippen LogP contribution in [0, 0.1) is 0 Å². The predicted molar refractivity (Wildman–Crippen MR) is 77.5 cm³/mol. The lowest BCUT2D eigenvalue weighted by Crippen LogP contribution is -2.23. The van der Waals surface area contributed by atoms with Crippen LogP contribution in [0.1, 0.15) is 12.6 Å². The molecule has 0 atom stereocenters. The molecule has 0 aliphatic carbocycles. The summed E-state index contributed by atoms with van der Waals surface area (Å²) in [5.41, 5.74) is 1.43. The molecule has 0 aliphatic heterocycles. The molecule has 0 saturated carbocycles. The zero-order valence-corrected chi connectivity index (χ0v) is 12.2. The smallest absolute Gasteiger partial charge is 0.230 e. The van der Waals surface area contributed by atoms with Gasteiger partial charge >= 0.3 is 0 Å². The molecule has 1 amide bonds. The summed E-state index contributed by atoms with van der Waals surface area (Å²) in [6.45, 7) is 1.49. The second-order valence-corrected chi connectivity index (χ2v) is 4.89. The van der Waals surface area contributed by atoms with E-state index < -0.39 is 0 Å². The molecule has 0 N–H and O–H groups in total. The quantitative estimate of drug-likeness (QED) is 0.810. The number of para-hydroxylation sites is 2. The van der Waals surface area contributed by atoms with E-state index in [1.54, 1.807) is 13.2 Å². The van der Waals surface area contributed by atoms with Crippen molar-refractivity contribution in [2.45, 2.75) is 12.8 Å². The fourth-order valence-corrected chi connectivity index (χ4v) is 2.79. The number of hydrogen-bond acceptors (Lipinski definition) is 4. The summed E-state index contributed by atoms with van der Waals surface area (Å²) in [6.07, 6.45) is 0. The van der Waals surface area contributed by atoms with Crippen molar-refractivity contribution in [2.24, 2.45) is 0 Å². The number of hydrogen-bond donors (Lipinski definition) is 0. The van der Waals surface area contributed by atoms with Crippen molar-refractivity contribution in [2.75, 3.05) is 12.0 Å². The van der Waals surface area contributed by atoms with E-state index in [-0.39, 0.29) is 5.91 Å². The van der Waals surface area contributed by atoms with E-state index in [9.17, 15) is 4.79 Å². The largest absolute Gasteiger partial charge is 0.495 e. The molecule has 0 bridgehead atoms. The van der Waals surface area contributed by atoms with Crippen LogP contribution >= 0.6 is 22.9 Å². The van der Waals surface area contributed by atoms with Crippen molar-refractivity contribution in [3.8, 4) is 5.75 Å². The minimum atomic E-state index is -0.125. The molecule has 2 rings (SSSR count). The molecule has 1 heterocycles. The van der Waals surface area contributed by atoms with Gasteiger partial charge in [-0.1, -0.05) is 12.1 Å². The highest BCUT2D eigenvalue weighted by Gasteiger charge is 2.20. The molecule has 0 unspecified atom stereocenters. The molecule has 2 aromatic rings.